The van der Waals surface area contributed by atoms with Crippen LogP contribution >= 0.6 is 0 Å². The van der Waals surface area contributed by atoms with Crippen LogP contribution < -0.4 is 10.5 Å². The molecular formula is C8H9F3N2O2S. The lowest BCUT2D eigenvalue weighted by molar-refractivity contribution is -0.0429. The van der Waals surface area contributed by atoms with Crippen molar-refractivity contribution in [1.82, 2.24) is 0 Å². The Bertz CT molecular complexity index is 470. The highest BCUT2D eigenvalue weighted by atomic mass is 32.2. The van der Waals surface area contributed by atoms with Crippen molar-refractivity contribution >= 4 is 15.7 Å². The van der Waals surface area contributed by atoms with Gasteiger partial charge in [0.2, 0.25) is 0 Å². The molecule has 0 saturated carbocycles. The van der Waals surface area contributed by atoms with Gasteiger partial charge >= 0.3 is 15.5 Å². The summed E-state index contributed by atoms with van der Waals surface area (Å²) < 4.78 is 59.0. The Labute approximate surface area is 90.3 Å². The third-order valence-electron chi connectivity index (χ3n) is 1.72. The number of nitrogens with two attached hydrogens (primary N) is 1. The molecule has 0 aromatic heterocycles. The van der Waals surface area contributed by atoms with Gasteiger partial charge in [0.25, 0.3) is 0 Å². The van der Waals surface area contributed by atoms with Gasteiger partial charge in [-0.15, -0.1) is 0 Å². The summed E-state index contributed by atoms with van der Waals surface area (Å²) in [6.07, 6.45) is 0. The zero-order chi connectivity index (χ0) is 12.4. The molecule has 1 rings (SSSR count). The number of rotatable bonds is 3. The third kappa shape index (κ3) is 2.86. The molecule has 0 radical (unpaired) electrons. The fraction of sp³-hybridized carbons (Fsp3) is 0.250. The first-order chi connectivity index (χ1) is 7.26. The Kier molecular flexibility index (Phi) is 3.44. The van der Waals surface area contributed by atoms with Crippen LogP contribution in [0.15, 0.2) is 24.3 Å². The van der Waals surface area contributed by atoms with E-state index in [1.807, 2.05) is 0 Å². The maximum atomic E-state index is 12.0. The maximum Gasteiger partial charge on any atom is 0.516 e. The molecule has 0 heterocycles. The first-order valence-electron chi connectivity index (χ1n) is 4.14. The number of hydrogen-bond acceptors (Lipinski definition) is 3. The molecule has 0 saturated heterocycles. The number of nitrogens with one attached hydrogen (secondary N) is 1. The summed E-state index contributed by atoms with van der Waals surface area (Å²) >= 11 is 0. The second-order valence-corrected chi connectivity index (χ2v) is 4.63. The monoisotopic (exact) mass is 254 g/mol. The number of anilines is 1. The normalized spacial score (nSPS) is 12.5. The lowest BCUT2D eigenvalue weighted by Gasteiger charge is -2.10. The molecule has 16 heavy (non-hydrogen) atoms. The highest BCUT2D eigenvalue weighted by Crippen LogP contribution is 2.25. The average Bonchev–Trinajstić information content (AvgIpc) is 2.15. The van der Waals surface area contributed by atoms with Crippen LogP contribution in [0.4, 0.5) is 18.9 Å². The van der Waals surface area contributed by atoms with Crippen LogP contribution in [0.1, 0.15) is 5.56 Å². The molecule has 0 unspecified atom stereocenters. The van der Waals surface area contributed by atoms with Crippen molar-refractivity contribution in [1.29, 1.82) is 0 Å². The molecule has 0 aliphatic carbocycles. The van der Waals surface area contributed by atoms with E-state index in [4.69, 9.17) is 5.73 Å². The van der Waals surface area contributed by atoms with Crippen molar-refractivity contribution in [2.45, 2.75) is 12.1 Å². The molecule has 0 fully saturated rings. The molecule has 0 aliphatic rings. The summed E-state index contributed by atoms with van der Waals surface area (Å²) in [7, 11) is -5.37. The molecule has 0 aliphatic heterocycles. The zero-order valence-electron chi connectivity index (χ0n) is 7.95. The van der Waals surface area contributed by atoms with Crippen LogP contribution in [0.2, 0.25) is 0 Å². The van der Waals surface area contributed by atoms with Crippen molar-refractivity contribution in [3.8, 4) is 0 Å². The minimum Gasteiger partial charge on any atom is -0.326 e. The van der Waals surface area contributed by atoms with Crippen molar-refractivity contribution < 1.29 is 21.6 Å². The number of halogens is 3. The van der Waals surface area contributed by atoms with Crippen LogP contribution in [-0.2, 0) is 16.6 Å². The number of benzene rings is 1. The molecule has 0 atom stereocenters. The average molecular weight is 254 g/mol. The van der Waals surface area contributed by atoms with Crippen molar-refractivity contribution in [2.24, 2.45) is 5.73 Å². The Morgan fingerprint density at radius 1 is 1.31 bits per heavy atom. The van der Waals surface area contributed by atoms with E-state index in [1.54, 1.807) is 6.07 Å². The molecule has 8 heteroatoms. The molecule has 4 nitrogen and oxygen atoms in total. The minimum atomic E-state index is -5.37. The predicted molar refractivity (Wildman–Crippen MR) is 52.9 cm³/mol. The molecule has 0 amide bonds. The van der Waals surface area contributed by atoms with E-state index in [0.29, 0.717) is 5.56 Å². The maximum absolute atomic E-state index is 12.0. The Morgan fingerprint density at radius 2 is 1.94 bits per heavy atom. The highest BCUT2D eigenvalue weighted by molar-refractivity contribution is 7.93. The first kappa shape index (κ1) is 12.8. The van der Waals surface area contributed by atoms with Crippen molar-refractivity contribution in [3.63, 3.8) is 0 Å². The third-order valence-corrected chi connectivity index (χ3v) is 2.83. The van der Waals surface area contributed by atoms with Gasteiger partial charge in [0.05, 0.1) is 0 Å². The Balaban J connectivity index is 2.97. The molecule has 1 aromatic carbocycles. The van der Waals surface area contributed by atoms with Crippen LogP contribution in [0.25, 0.3) is 0 Å². The Morgan fingerprint density at radius 3 is 2.44 bits per heavy atom. The SMILES string of the molecule is NCc1cccc(NS(=O)(=O)C(F)(F)F)c1. The lowest BCUT2D eigenvalue weighted by atomic mass is 10.2. The first-order valence-corrected chi connectivity index (χ1v) is 5.62. The molecule has 0 bridgehead atoms. The van der Waals surface area contributed by atoms with Crippen LogP contribution in [0, 0.1) is 0 Å². The fourth-order valence-electron chi connectivity index (χ4n) is 0.975. The summed E-state index contributed by atoms with van der Waals surface area (Å²) in [5, 5.41) is 0. The van der Waals surface area contributed by atoms with Gasteiger partial charge in [0.1, 0.15) is 0 Å². The van der Waals surface area contributed by atoms with Gasteiger partial charge in [0, 0.05) is 12.2 Å². The van der Waals surface area contributed by atoms with Gasteiger partial charge < -0.3 is 5.73 Å². The van der Waals surface area contributed by atoms with E-state index in [2.05, 4.69) is 0 Å². The van der Waals surface area contributed by atoms with Gasteiger partial charge in [0.15, 0.2) is 0 Å². The standard InChI is InChI=1S/C8H9F3N2O2S/c9-8(10,11)16(14,15)13-7-3-1-2-6(4-7)5-12/h1-4,13H,5,12H2. The van der Waals surface area contributed by atoms with E-state index in [0.717, 1.165) is 0 Å². The predicted octanol–water partition coefficient (Wildman–Crippen LogP) is 1.41. The van der Waals surface area contributed by atoms with Gasteiger partial charge in [-0.05, 0) is 17.7 Å². The van der Waals surface area contributed by atoms with Crippen molar-refractivity contribution in [2.75, 3.05) is 4.72 Å². The van der Waals surface area contributed by atoms with Gasteiger partial charge in [-0.2, -0.15) is 21.6 Å². The zero-order valence-corrected chi connectivity index (χ0v) is 8.77. The van der Waals surface area contributed by atoms with Crippen LogP contribution in [0.5, 0.6) is 0 Å². The van der Waals surface area contributed by atoms with Gasteiger partial charge in [-0.1, -0.05) is 12.1 Å². The quantitative estimate of drug-likeness (QED) is 0.856. The second-order valence-electron chi connectivity index (χ2n) is 2.96. The summed E-state index contributed by atoms with van der Waals surface area (Å²) in [5.41, 5.74) is 0.305. The molecule has 1 aromatic rings. The van der Waals surface area contributed by atoms with Crippen LogP contribution in [0.3, 0.4) is 0 Å². The Hall–Kier alpha value is -1.28. The summed E-state index contributed by atoms with van der Waals surface area (Å²) in [6, 6.07) is 5.44. The van der Waals surface area contributed by atoms with E-state index >= 15 is 0 Å². The summed E-state index contributed by atoms with van der Waals surface area (Å²) in [6.45, 7) is 0.113. The number of alkyl halides is 3. The number of hydrogen-bond donors (Lipinski definition) is 2. The summed E-state index contributed by atoms with van der Waals surface area (Å²) in [4.78, 5) is 0. The molecule has 3 N–H and O–H groups in total. The van der Waals surface area contributed by atoms with E-state index < -0.39 is 15.5 Å². The fourth-order valence-corrected chi connectivity index (χ4v) is 1.53. The topological polar surface area (TPSA) is 72.2 Å². The molecule has 90 valence electrons. The smallest absolute Gasteiger partial charge is 0.326 e. The second kappa shape index (κ2) is 4.30. The van der Waals surface area contributed by atoms with E-state index in [1.165, 1.54) is 22.9 Å². The minimum absolute atomic E-state index is 0.113. The highest BCUT2D eigenvalue weighted by Gasteiger charge is 2.45. The van der Waals surface area contributed by atoms with E-state index in [9.17, 15) is 21.6 Å². The molecular weight excluding hydrogens is 245 g/mol. The molecule has 0 spiro atoms. The van der Waals surface area contributed by atoms with E-state index in [-0.39, 0.29) is 12.2 Å². The number of sulfonamides is 1. The van der Waals surface area contributed by atoms with Crippen molar-refractivity contribution in [3.05, 3.63) is 29.8 Å². The van der Waals surface area contributed by atoms with Crippen LogP contribution in [-0.4, -0.2) is 13.9 Å². The summed E-state index contributed by atoms with van der Waals surface area (Å²) in [5.74, 6) is 0. The van der Waals surface area contributed by atoms with Gasteiger partial charge in [-0.25, -0.2) is 0 Å². The van der Waals surface area contributed by atoms with Gasteiger partial charge in [-0.3, -0.25) is 4.72 Å². The largest absolute Gasteiger partial charge is 0.516 e. The lowest BCUT2D eigenvalue weighted by Crippen LogP contribution is -2.29.